The molecule has 0 aromatic heterocycles. The molecule has 1 nitrogen and oxygen atoms in total. The van der Waals surface area contributed by atoms with E-state index < -0.39 is 0 Å². The molecule has 1 heterocycles. The fourth-order valence-electron chi connectivity index (χ4n) is 0.606. The highest BCUT2D eigenvalue weighted by Gasteiger charge is 2.16. The molecule has 0 spiro atoms. The predicted octanol–water partition coefficient (Wildman–Crippen LogP) is 1.57. The second-order valence-corrected chi connectivity index (χ2v) is 3.54. The molecule has 0 aliphatic carbocycles. The molecule has 0 fully saturated rings. The molecule has 1 rings (SSSR count). The second kappa shape index (κ2) is 2.02. The fourth-order valence-corrected chi connectivity index (χ4v) is 1.37. The van der Waals surface area contributed by atoms with Crippen molar-refractivity contribution >= 4 is 11.8 Å². The SMILES string of the molecule is CC1(C)CSC=CN1. The summed E-state index contributed by atoms with van der Waals surface area (Å²) in [5.74, 6) is 1.17. The van der Waals surface area contributed by atoms with Crippen LogP contribution in [-0.4, -0.2) is 11.3 Å². The Balaban J connectivity index is 2.50. The van der Waals surface area contributed by atoms with Gasteiger partial charge in [-0.15, -0.1) is 11.8 Å². The Bertz CT molecular complexity index is 107. The van der Waals surface area contributed by atoms with Gasteiger partial charge >= 0.3 is 0 Å². The van der Waals surface area contributed by atoms with Crippen LogP contribution in [0.4, 0.5) is 0 Å². The van der Waals surface area contributed by atoms with Crippen LogP contribution in [0.5, 0.6) is 0 Å². The van der Waals surface area contributed by atoms with Gasteiger partial charge in [0.25, 0.3) is 0 Å². The zero-order valence-electron chi connectivity index (χ0n) is 5.27. The first-order valence-electron chi connectivity index (χ1n) is 2.75. The molecular weight excluding hydrogens is 118 g/mol. The van der Waals surface area contributed by atoms with Crippen molar-refractivity contribution in [3.63, 3.8) is 0 Å². The minimum atomic E-state index is 0.305. The zero-order chi connectivity index (χ0) is 6.04. The van der Waals surface area contributed by atoms with Gasteiger partial charge in [-0.3, -0.25) is 0 Å². The Labute approximate surface area is 54.5 Å². The van der Waals surface area contributed by atoms with Gasteiger partial charge < -0.3 is 5.32 Å². The average Bonchev–Trinajstić information content (AvgIpc) is 1.65. The summed E-state index contributed by atoms with van der Waals surface area (Å²) in [7, 11) is 0. The van der Waals surface area contributed by atoms with E-state index in [0.29, 0.717) is 5.54 Å². The molecular formula is C6H11NS. The Morgan fingerprint density at radius 1 is 1.62 bits per heavy atom. The Hall–Kier alpha value is -0.110. The Morgan fingerprint density at radius 2 is 2.38 bits per heavy atom. The van der Waals surface area contributed by atoms with Crippen molar-refractivity contribution in [2.75, 3.05) is 5.75 Å². The van der Waals surface area contributed by atoms with Crippen LogP contribution in [0, 0.1) is 0 Å². The molecule has 0 saturated heterocycles. The molecule has 0 bridgehead atoms. The lowest BCUT2D eigenvalue weighted by Crippen LogP contribution is -2.39. The van der Waals surface area contributed by atoms with Crippen LogP contribution in [0.3, 0.4) is 0 Å². The van der Waals surface area contributed by atoms with Crippen LogP contribution < -0.4 is 5.32 Å². The Kier molecular flexibility index (Phi) is 1.52. The molecule has 0 saturated carbocycles. The second-order valence-electron chi connectivity index (χ2n) is 2.64. The lowest BCUT2D eigenvalue weighted by molar-refractivity contribution is 0.498. The molecule has 1 N–H and O–H groups in total. The third kappa shape index (κ3) is 1.44. The number of nitrogens with one attached hydrogen (secondary N) is 1. The van der Waals surface area contributed by atoms with Crippen LogP contribution in [0.25, 0.3) is 0 Å². The summed E-state index contributed by atoms with van der Waals surface area (Å²) in [5, 5.41) is 5.35. The lowest BCUT2D eigenvalue weighted by atomic mass is 10.1. The van der Waals surface area contributed by atoms with Crippen molar-refractivity contribution in [3.05, 3.63) is 11.6 Å². The van der Waals surface area contributed by atoms with E-state index in [0.717, 1.165) is 0 Å². The highest BCUT2D eigenvalue weighted by atomic mass is 32.2. The molecule has 2 heteroatoms. The van der Waals surface area contributed by atoms with Crippen molar-refractivity contribution in [1.29, 1.82) is 0 Å². The van der Waals surface area contributed by atoms with Crippen molar-refractivity contribution in [2.24, 2.45) is 0 Å². The third-order valence-corrected chi connectivity index (χ3v) is 2.30. The van der Waals surface area contributed by atoms with E-state index in [4.69, 9.17) is 0 Å². The molecule has 1 aliphatic heterocycles. The quantitative estimate of drug-likeness (QED) is 0.533. The first-order valence-corrected chi connectivity index (χ1v) is 3.80. The van der Waals surface area contributed by atoms with E-state index in [1.165, 1.54) is 5.75 Å². The van der Waals surface area contributed by atoms with Crippen LogP contribution in [-0.2, 0) is 0 Å². The van der Waals surface area contributed by atoms with Gasteiger partial charge in [0.05, 0.1) is 0 Å². The molecule has 0 aromatic carbocycles. The average molecular weight is 129 g/mol. The topological polar surface area (TPSA) is 12.0 Å². The molecule has 0 radical (unpaired) electrons. The van der Waals surface area contributed by atoms with Crippen LogP contribution in [0.1, 0.15) is 13.8 Å². The fraction of sp³-hybridized carbons (Fsp3) is 0.667. The number of hydrogen-bond acceptors (Lipinski definition) is 2. The van der Waals surface area contributed by atoms with Crippen molar-refractivity contribution < 1.29 is 0 Å². The van der Waals surface area contributed by atoms with E-state index in [-0.39, 0.29) is 0 Å². The molecule has 0 amide bonds. The van der Waals surface area contributed by atoms with E-state index in [1.807, 2.05) is 18.0 Å². The van der Waals surface area contributed by atoms with E-state index >= 15 is 0 Å². The zero-order valence-corrected chi connectivity index (χ0v) is 6.09. The van der Waals surface area contributed by atoms with Gasteiger partial charge in [0.15, 0.2) is 0 Å². The van der Waals surface area contributed by atoms with Gasteiger partial charge in [-0.1, -0.05) is 0 Å². The maximum absolute atomic E-state index is 3.26. The van der Waals surface area contributed by atoms with Gasteiger partial charge in [-0.05, 0) is 19.3 Å². The highest BCUT2D eigenvalue weighted by molar-refractivity contribution is 8.02. The standard InChI is InChI=1S/C6H11NS/c1-6(2)5-8-4-3-7-6/h3-4,7H,5H2,1-2H3. The molecule has 8 heavy (non-hydrogen) atoms. The van der Waals surface area contributed by atoms with Crippen molar-refractivity contribution in [2.45, 2.75) is 19.4 Å². The maximum atomic E-state index is 3.26. The minimum Gasteiger partial charge on any atom is -0.385 e. The maximum Gasteiger partial charge on any atom is 0.0405 e. The van der Waals surface area contributed by atoms with Gasteiger partial charge in [0.2, 0.25) is 0 Å². The predicted molar refractivity (Wildman–Crippen MR) is 38.8 cm³/mol. The van der Waals surface area contributed by atoms with Crippen LogP contribution in [0.2, 0.25) is 0 Å². The van der Waals surface area contributed by atoms with Gasteiger partial charge in [-0.25, -0.2) is 0 Å². The summed E-state index contributed by atoms with van der Waals surface area (Å²) in [6.45, 7) is 4.40. The molecule has 0 atom stereocenters. The number of hydrogen-bond donors (Lipinski definition) is 1. The summed E-state index contributed by atoms with van der Waals surface area (Å²) in [4.78, 5) is 0. The molecule has 0 aromatic rings. The van der Waals surface area contributed by atoms with Crippen molar-refractivity contribution in [3.8, 4) is 0 Å². The number of rotatable bonds is 0. The minimum absolute atomic E-state index is 0.305. The lowest BCUT2D eigenvalue weighted by Gasteiger charge is -2.26. The van der Waals surface area contributed by atoms with Crippen LogP contribution in [0.15, 0.2) is 11.6 Å². The summed E-state index contributed by atoms with van der Waals surface area (Å²) in [6.07, 6.45) is 2.01. The summed E-state index contributed by atoms with van der Waals surface area (Å²) in [5.41, 5.74) is 0.305. The number of thioether (sulfide) groups is 1. The third-order valence-electron chi connectivity index (χ3n) is 1.08. The van der Waals surface area contributed by atoms with Crippen LogP contribution >= 0.6 is 11.8 Å². The molecule has 0 unspecified atom stereocenters. The van der Waals surface area contributed by atoms with Crippen molar-refractivity contribution in [1.82, 2.24) is 5.32 Å². The monoisotopic (exact) mass is 129 g/mol. The smallest absolute Gasteiger partial charge is 0.0405 e. The van der Waals surface area contributed by atoms with Gasteiger partial charge in [0, 0.05) is 17.5 Å². The van der Waals surface area contributed by atoms with Gasteiger partial charge in [-0.2, -0.15) is 0 Å². The highest BCUT2D eigenvalue weighted by Crippen LogP contribution is 2.17. The summed E-state index contributed by atoms with van der Waals surface area (Å²) < 4.78 is 0. The Morgan fingerprint density at radius 3 is 2.62 bits per heavy atom. The first kappa shape index (κ1) is 6.02. The van der Waals surface area contributed by atoms with Gasteiger partial charge in [0.1, 0.15) is 0 Å². The van der Waals surface area contributed by atoms with E-state index in [2.05, 4.69) is 24.6 Å². The largest absolute Gasteiger partial charge is 0.385 e. The normalized spacial score (nSPS) is 24.8. The van der Waals surface area contributed by atoms with E-state index in [1.54, 1.807) is 0 Å². The summed E-state index contributed by atoms with van der Waals surface area (Å²) >= 11 is 1.86. The first-order chi connectivity index (χ1) is 3.71. The molecule has 46 valence electrons. The molecule has 1 aliphatic rings. The summed E-state index contributed by atoms with van der Waals surface area (Å²) in [6, 6.07) is 0. The van der Waals surface area contributed by atoms with E-state index in [9.17, 15) is 0 Å².